The third kappa shape index (κ3) is 2.69. The van der Waals surface area contributed by atoms with Crippen molar-refractivity contribution in [3.05, 3.63) is 34.3 Å². The first kappa shape index (κ1) is 12.8. The van der Waals surface area contributed by atoms with E-state index in [2.05, 4.69) is 23.5 Å². The lowest BCUT2D eigenvalue weighted by atomic mass is 9.96. The van der Waals surface area contributed by atoms with E-state index in [4.69, 9.17) is 16.3 Å². The highest BCUT2D eigenvalue weighted by molar-refractivity contribution is 7.99. The van der Waals surface area contributed by atoms with E-state index in [1.54, 1.807) is 0 Å². The first-order valence-corrected chi connectivity index (χ1v) is 8.07. The second-order valence-corrected chi connectivity index (χ2v) is 6.46. The standard InChI is InChI=1S/C14H18ClNOS/c15-13-7-10(14-8-16-4-5-17-14)1-2-12(13)11-3-6-18-9-11/h1-2,7,11,14,16H,3-6,8-9H2. The third-order valence-corrected chi connectivity index (χ3v) is 5.18. The quantitative estimate of drug-likeness (QED) is 0.900. The van der Waals surface area contributed by atoms with Crippen molar-refractivity contribution in [1.29, 1.82) is 0 Å². The van der Waals surface area contributed by atoms with Crippen molar-refractivity contribution >= 4 is 23.4 Å². The van der Waals surface area contributed by atoms with E-state index in [-0.39, 0.29) is 6.10 Å². The predicted octanol–water partition coefficient (Wildman–Crippen LogP) is 3.22. The summed E-state index contributed by atoms with van der Waals surface area (Å²) in [4.78, 5) is 0. The maximum absolute atomic E-state index is 6.44. The molecule has 2 saturated heterocycles. The fraction of sp³-hybridized carbons (Fsp3) is 0.571. The minimum atomic E-state index is 0.156. The van der Waals surface area contributed by atoms with E-state index in [0.717, 1.165) is 24.7 Å². The van der Waals surface area contributed by atoms with Crippen molar-refractivity contribution in [3.63, 3.8) is 0 Å². The van der Waals surface area contributed by atoms with Crippen LogP contribution in [0.5, 0.6) is 0 Å². The molecule has 2 fully saturated rings. The molecule has 2 unspecified atom stereocenters. The molecule has 18 heavy (non-hydrogen) atoms. The zero-order valence-corrected chi connectivity index (χ0v) is 11.9. The minimum absolute atomic E-state index is 0.156. The first-order valence-electron chi connectivity index (χ1n) is 6.54. The molecule has 0 spiro atoms. The summed E-state index contributed by atoms with van der Waals surface area (Å²) in [6.45, 7) is 2.61. The van der Waals surface area contributed by atoms with Crippen molar-refractivity contribution in [2.45, 2.75) is 18.4 Å². The topological polar surface area (TPSA) is 21.3 Å². The molecule has 1 aromatic carbocycles. The summed E-state index contributed by atoms with van der Waals surface area (Å²) in [5, 5.41) is 4.26. The molecule has 0 bridgehead atoms. The fourth-order valence-corrected chi connectivity index (χ4v) is 4.23. The van der Waals surface area contributed by atoms with Crippen LogP contribution < -0.4 is 5.32 Å². The number of ether oxygens (including phenoxy) is 1. The second-order valence-electron chi connectivity index (χ2n) is 4.91. The van der Waals surface area contributed by atoms with Crippen molar-refractivity contribution in [3.8, 4) is 0 Å². The maximum atomic E-state index is 6.44. The van der Waals surface area contributed by atoms with Gasteiger partial charge in [-0.3, -0.25) is 0 Å². The highest BCUT2D eigenvalue weighted by Crippen LogP contribution is 2.37. The number of thioether (sulfide) groups is 1. The largest absolute Gasteiger partial charge is 0.371 e. The van der Waals surface area contributed by atoms with Gasteiger partial charge >= 0.3 is 0 Å². The summed E-state index contributed by atoms with van der Waals surface area (Å²) in [5.74, 6) is 3.11. The number of morpholine rings is 1. The molecule has 1 aromatic rings. The normalized spacial score (nSPS) is 28.5. The van der Waals surface area contributed by atoms with Gasteiger partial charge in [-0.05, 0) is 35.3 Å². The van der Waals surface area contributed by atoms with E-state index in [0.29, 0.717) is 5.92 Å². The van der Waals surface area contributed by atoms with Crippen LogP contribution in [0.25, 0.3) is 0 Å². The van der Waals surface area contributed by atoms with Crippen LogP contribution in [0.15, 0.2) is 18.2 Å². The molecule has 2 heterocycles. The van der Waals surface area contributed by atoms with Crippen LogP contribution in [-0.4, -0.2) is 31.2 Å². The number of hydrogen-bond donors (Lipinski definition) is 1. The summed E-state index contributed by atoms with van der Waals surface area (Å²) < 4.78 is 5.76. The SMILES string of the molecule is Clc1cc(C2CNCCO2)ccc1C1CCSC1. The van der Waals surface area contributed by atoms with Crippen LogP contribution >= 0.6 is 23.4 Å². The van der Waals surface area contributed by atoms with Gasteiger partial charge in [-0.2, -0.15) is 11.8 Å². The molecule has 3 rings (SSSR count). The number of rotatable bonds is 2. The van der Waals surface area contributed by atoms with Crippen LogP contribution in [0.3, 0.4) is 0 Å². The molecule has 4 heteroatoms. The van der Waals surface area contributed by atoms with Gasteiger partial charge in [0.05, 0.1) is 12.7 Å². The Hall–Kier alpha value is -0.220. The summed E-state index contributed by atoms with van der Waals surface area (Å²) in [6, 6.07) is 6.48. The maximum Gasteiger partial charge on any atom is 0.0950 e. The Morgan fingerprint density at radius 2 is 2.33 bits per heavy atom. The molecule has 0 saturated carbocycles. The van der Waals surface area contributed by atoms with E-state index in [9.17, 15) is 0 Å². The van der Waals surface area contributed by atoms with Crippen LogP contribution in [0.2, 0.25) is 5.02 Å². The molecule has 0 aliphatic carbocycles. The van der Waals surface area contributed by atoms with Gasteiger partial charge in [-0.25, -0.2) is 0 Å². The zero-order chi connectivity index (χ0) is 12.4. The van der Waals surface area contributed by atoms with Gasteiger partial charge in [-0.1, -0.05) is 23.7 Å². The number of hydrogen-bond acceptors (Lipinski definition) is 3. The highest BCUT2D eigenvalue weighted by Gasteiger charge is 2.22. The molecule has 0 amide bonds. The molecular formula is C14H18ClNOS. The van der Waals surface area contributed by atoms with Crippen molar-refractivity contribution in [2.24, 2.45) is 0 Å². The lowest BCUT2D eigenvalue weighted by Gasteiger charge is -2.24. The molecule has 2 nitrogen and oxygen atoms in total. The Morgan fingerprint density at radius 1 is 1.39 bits per heavy atom. The average Bonchev–Trinajstić information content (AvgIpc) is 2.93. The van der Waals surface area contributed by atoms with Crippen molar-refractivity contribution in [1.82, 2.24) is 5.32 Å². The second kappa shape index (κ2) is 5.83. The van der Waals surface area contributed by atoms with Gasteiger partial charge in [0.15, 0.2) is 0 Å². The lowest BCUT2D eigenvalue weighted by molar-refractivity contribution is 0.0277. The van der Waals surface area contributed by atoms with Gasteiger partial charge in [0, 0.05) is 23.9 Å². The molecular weight excluding hydrogens is 266 g/mol. The van der Waals surface area contributed by atoms with E-state index in [1.807, 2.05) is 11.8 Å². The van der Waals surface area contributed by atoms with Crippen molar-refractivity contribution < 1.29 is 4.74 Å². The lowest BCUT2D eigenvalue weighted by Crippen LogP contribution is -2.33. The van der Waals surface area contributed by atoms with Gasteiger partial charge in [-0.15, -0.1) is 0 Å². The predicted molar refractivity (Wildman–Crippen MR) is 77.7 cm³/mol. The fourth-order valence-electron chi connectivity index (χ4n) is 2.63. The Kier molecular flexibility index (Phi) is 4.14. The van der Waals surface area contributed by atoms with E-state index < -0.39 is 0 Å². The Morgan fingerprint density at radius 3 is 3.00 bits per heavy atom. The Labute approximate surface area is 117 Å². The smallest absolute Gasteiger partial charge is 0.0950 e. The molecule has 98 valence electrons. The van der Waals surface area contributed by atoms with E-state index in [1.165, 1.54) is 29.1 Å². The monoisotopic (exact) mass is 283 g/mol. The van der Waals surface area contributed by atoms with Gasteiger partial charge in [0.1, 0.15) is 0 Å². The minimum Gasteiger partial charge on any atom is -0.371 e. The summed E-state index contributed by atoms with van der Waals surface area (Å²) in [5.41, 5.74) is 2.51. The third-order valence-electron chi connectivity index (χ3n) is 3.69. The number of benzene rings is 1. The van der Waals surface area contributed by atoms with Crippen molar-refractivity contribution in [2.75, 3.05) is 31.2 Å². The number of nitrogens with one attached hydrogen (secondary N) is 1. The highest BCUT2D eigenvalue weighted by atomic mass is 35.5. The molecule has 0 radical (unpaired) electrons. The van der Waals surface area contributed by atoms with Crippen LogP contribution in [0, 0.1) is 0 Å². The van der Waals surface area contributed by atoms with E-state index >= 15 is 0 Å². The van der Waals surface area contributed by atoms with Crippen LogP contribution in [0.4, 0.5) is 0 Å². The molecule has 1 N–H and O–H groups in total. The van der Waals surface area contributed by atoms with Gasteiger partial charge in [0.2, 0.25) is 0 Å². The Balaban J connectivity index is 1.79. The summed E-state index contributed by atoms with van der Waals surface area (Å²) >= 11 is 8.47. The molecule has 0 aromatic heterocycles. The number of halogens is 1. The summed E-state index contributed by atoms with van der Waals surface area (Å²) in [7, 11) is 0. The molecule has 2 aliphatic heterocycles. The Bertz CT molecular complexity index is 414. The van der Waals surface area contributed by atoms with Crippen LogP contribution in [0.1, 0.15) is 29.6 Å². The molecule has 2 atom stereocenters. The van der Waals surface area contributed by atoms with Gasteiger partial charge in [0.25, 0.3) is 0 Å². The van der Waals surface area contributed by atoms with Gasteiger partial charge < -0.3 is 10.1 Å². The average molecular weight is 284 g/mol. The molecule has 2 aliphatic rings. The first-order chi connectivity index (χ1) is 8.84. The van der Waals surface area contributed by atoms with Crippen LogP contribution in [-0.2, 0) is 4.74 Å². The summed E-state index contributed by atoms with van der Waals surface area (Å²) in [6.07, 6.45) is 1.41. The zero-order valence-electron chi connectivity index (χ0n) is 10.3.